The second kappa shape index (κ2) is 13.4. The highest BCUT2D eigenvalue weighted by atomic mass is 35.5. The van der Waals surface area contributed by atoms with Crippen molar-refractivity contribution in [3.05, 3.63) is 80.8 Å². The van der Waals surface area contributed by atoms with E-state index in [0.29, 0.717) is 9.78 Å². The summed E-state index contributed by atoms with van der Waals surface area (Å²) in [5.74, 6) is -2.45. The van der Waals surface area contributed by atoms with Crippen molar-refractivity contribution in [2.45, 2.75) is 31.7 Å². The third kappa shape index (κ3) is 7.52. The van der Waals surface area contributed by atoms with Gasteiger partial charge in [0.15, 0.2) is 5.76 Å². The number of primary amides is 1. The van der Waals surface area contributed by atoms with Crippen LogP contribution in [0.4, 0.5) is 14.9 Å². The molecule has 0 spiro atoms. The van der Waals surface area contributed by atoms with Gasteiger partial charge in [-0.05, 0) is 48.6 Å². The second-order valence-electron chi connectivity index (χ2n) is 9.23. The molecule has 0 saturated heterocycles. The lowest BCUT2D eigenvalue weighted by molar-refractivity contribution is -0.154. The van der Waals surface area contributed by atoms with Crippen LogP contribution in [0.15, 0.2) is 58.8 Å². The number of imide groups is 1. The zero-order valence-corrected chi connectivity index (χ0v) is 24.9. The van der Waals surface area contributed by atoms with Gasteiger partial charge in [0.05, 0.1) is 26.1 Å². The maximum Gasteiger partial charge on any atom is 0.326 e. The molecule has 1 unspecified atom stereocenters. The van der Waals surface area contributed by atoms with Gasteiger partial charge >= 0.3 is 12.0 Å². The lowest BCUT2D eigenvalue weighted by atomic mass is 10.0. The van der Waals surface area contributed by atoms with E-state index in [2.05, 4.69) is 0 Å². The van der Waals surface area contributed by atoms with E-state index < -0.39 is 46.7 Å². The van der Waals surface area contributed by atoms with E-state index in [1.54, 1.807) is 43.5 Å². The molecule has 0 fully saturated rings. The number of nitrogens with two attached hydrogens (primary N) is 2. The molecule has 1 atom stereocenters. The van der Waals surface area contributed by atoms with Crippen LogP contribution >= 0.6 is 22.9 Å². The molecule has 1 aliphatic heterocycles. The fourth-order valence-electron chi connectivity index (χ4n) is 3.60. The number of fused-ring (bicyclic) bond motifs is 1. The third-order valence-electron chi connectivity index (χ3n) is 5.87. The first-order valence-electron chi connectivity index (χ1n) is 12.1. The van der Waals surface area contributed by atoms with Gasteiger partial charge < -0.3 is 20.9 Å². The quantitative estimate of drug-likeness (QED) is 0.110. The summed E-state index contributed by atoms with van der Waals surface area (Å²) in [6.07, 6.45) is 0. The van der Waals surface area contributed by atoms with Gasteiger partial charge in [0, 0.05) is 5.56 Å². The zero-order valence-electron chi connectivity index (χ0n) is 22.5. The van der Waals surface area contributed by atoms with Crippen molar-refractivity contribution in [2.24, 2.45) is 17.4 Å². The molecule has 4 rings (SSSR count). The van der Waals surface area contributed by atoms with Crippen LogP contribution in [0.2, 0.25) is 5.02 Å². The van der Waals surface area contributed by atoms with Gasteiger partial charge in [-0.25, -0.2) is 14.1 Å². The van der Waals surface area contributed by atoms with Crippen molar-refractivity contribution < 1.29 is 41.2 Å². The Morgan fingerprint density at radius 3 is 2.31 bits per heavy atom. The summed E-state index contributed by atoms with van der Waals surface area (Å²) in [7, 11) is -4.02. The van der Waals surface area contributed by atoms with E-state index in [0.717, 1.165) is 17.7 Å². The van der Waals surface area contributed by atoms with Crippen LogP contribution in [0.3, 0.4) is 0 Å². The largest absolute Gasteiger partial charge is 0.455 e. The number of carbonyl (C=O) groups excluding carboxylic acids is 3. The van der Waals surface area contributed by atoms with Gasteiger partial charge in [0.25, 0.3) is 16.0 Å². The Morgan fingerprint density at radius 1 is 1.14 bits per heavy atom. The number of hydrogen-bond donors (Lipinski definition) is 3. The summed E-state index contributed by atoms with van der Waals surface area (Å²) in [4.78, 5) is 38.1. The Kier molecular flexibility index (Phi) is 10.5. The number of thiophene rings is 1. The molecule has 224 valence electrons. The summed E-state index contributed by atoms with van der Waals surface area (Å²) in [5.41, 5.74) is 12.0. The zero-order chi connectivity index (χ0) is 31.4. The van der Waals surface area contributed by atoms with E-state index >= 15 is 0 Å². The maximum atomic E-state index is 14.2. The van der Waals surface area contributed by atoms with Crippen LogP contribution in [-0.4, -0.2) is 43.7 Å². The van der Waals surface area contributed by atoms with Crippen LogP contribution < -0.4 is 16.4 Å². The maximum absolute atomic E-state index is 14.2. The number of anilines is 1. The molecular weight excluding hydrogens is 613 g/mol. The average molecular weight is 640 g/mol. The summed E-state index contributed by atoms with van der Waals surface area (Å²) < 4.78 is 54.5. The molecule has 0 aliphatic carbocycles. The number of benzene rings is 2. The second-order valence-corrected chi connectivity index (χ2v) is 12.0. The number of esters is 1. The van der Waals surface area contributed by atoms with E-state index in [9.17, 15) is 27.2 Å². The van der Waals surface area contributed by atoms with Gasteiger partial charge in [-0.1, -0.05) is 49.2 Å². The molecule has 15 heteroatoms. The molecule has 11 nitrogen and oxygen atoms in total. The fraction of sp³-hybridized carbons (Fsp3) is 0.222. The third-order valence-corrected chi connectivity index (χ3v) is 7.90. The van der Waals surface area contributed by atoms with Crippen molar-refractivity contribution in [1.82, 2.24) is 0 Å². The molecule has 1 aliphatic rings. The Balaban J connectivity index is 0.000000369. The van der Waals surface area contributed by atoms with Crippen LogP contribution in [-0.2, 0) is 29.2 Å². The SMILES string of the molecule is CC(C)C(N)C(=O)OCO/C(=C1/C(=O)N(C(N)=O)c2cc(Cl)c(F)cc21)c1cccs1.Cc1ccc(S(=O)(=O)O)cc1. The summed E-state index contributed by atoms with van der Waals surface area (Å²) in [5, 5.41) is 1.45. The van der Waals surface area contributed by atoms with Crippen molar-refractivity contribution in [3.63, 3.8) is 0 Å². The number of amides is 3. The number of hydrogen-bond acceptors (Lipinski definition) is 9. The van der Waals surface area contributed by atoms with Crippen LogP contribution in [0.5, 0.6) is 0 Å². The van der Waals surface area contributed by atoms with E-state index in [1.807, 2.05) is 6.92 Å². The van der Waals surface area contributed by atoms with Gasteiger partial charge in [-0.15, -0.1) is 11.3 Å². The smallest absolute Gasteiger partial charge is 0.326 e. The van der Waals surface area contributed by atoms with Crippen molar-refractivity contribution in [2.75, 3.05) is 11.7 Å². The minimum atomic E-state index is -4.02. The number of urea groups is 1. The first-order valence-corrected chi connectivity index (χ1v) is 14.8. The molecule has 3 amide bonds. The predicted octanol–water partition coefficient (Wildman–Crippen LogP) is 4.58. The summed E-state index contributed by atoms with van der Waals surface area (Å²) >= 11 is 7.06. The minimum absolute atomic E-state index is 0.00218. The number of ether oxygens (including phenoxy) is 2. The highest BCUT2D eigenvalue weighted by Gasteiger charge is 2.40. The summed E-state index contributed by atoms with van der Waals surface area (Å²) in [6.45, 7) is 4.81. The van der Waals surface area contributed by atoms with Crippen molar-refractivity contribution >= 4 is 68.0 Å². The molecule has 2 aromatic carbocycles. The molecule has 5 N–H and O–H groups in total. The van der Waals surface area contributed by atoms with Gasteiger partial charge in [0.2, 0.25) is 6.79 Å². The predicted molar refractivity (Wildman–Crippen MR) is 155 cm³/mol. The Bertz CT molecular complexity index is 1630. The molecule has 0 saturated carbocycles. The Hall–Kier alpha value is -3.82. The average Bonchev–Trinajstić information content (AvgIpc) is 3.53. The monoisotopic (exact) mass is 639 g/mol. The van der Waals surface area contributed by atoms with Crippen molar-refractivity contribution in [3.8, 4) is 0 Å². The Morgan fingerprint density at radius 2 is 1.79 bits per heavy atom. The van der Waals surface area contributed by atoms with Crippen LogP contribution in [0.25, 0.3) is 11.3 Å². The number of nitrogens with zero attached hydrogens (tertiary/aromatic N) is 1. The highest BCUT2D eigenvalue weighted by Crippen LogP contribution is 2.43. The lowest BCUT2D eigenvalue weighted by Crippen LogP contribution is -2.38. The van der Waals surface area contributed by atoms with Gasteiger partial charge in [-0.2, -0.15) is 8.42 Å². The number of carbonyl (C=O) groups is 3. The molecule has 0 bridgehead atoms. The molecular formula is C27H27ClFN3O8S2. The molecule has 3 aromatic rings. The van der Waals surface area contributed by atoms with E-state index in [4.69, 9.17) is 37.1 Å². The number of halogens is 2. The molecule has 0 radical (unpaired) electrons. The topological polar surface area (TPSA) is 179 Å². The number of rotatable bonds is 7. The standard InChI is InChI=1S/C20H19ClFN3O5S.C7H8O3S/c1-9(2)16(23)19(27)30-8-29-17(14-4-3-5-31-14)15-10-6-12(22)11(21)7-13(10)25(18(15)26)20(24)28;1-6-2-4-7(5-3-6)11(8,9)10/h3-7,9,16H,8,23H2,1-2H3,(H2,24,28);2-5H,1H3,(H,8,9,10)/b17-15+;. The minimum Gasteiger partial charge on any atom is -0.455 e. The lowest BCUT2D eigenvalue weighted by Gasteiger charge is -2.16. The fourth-order valence-corrected chi connectivity index (χ4v) is 4.96. The van der Waals surface area contributed by atoms with Crippen LogP contribution in [0, 0.1) is 18.7 Å². The molecule has 2 heterocycles. The first kappa shape index (κ1) is 32.7. The molecule has 42 heavy (non-hydrogen) atoms. The van der Waals surface area contributed by atoms with Crippen molar-refractivity contribution in [1.29, 1.82) is 0 Å². The molecule has 1 aromatic heterocycles. The normalized spacial score (nSPS) is 14.6. The van der Waals surface area contributed by atoms with Gasteiger partial charge in [0.1, 0.15) is 11.9 Å². The van der Waals surface area contributed by atoms with Gasteiger partial charge in [-0.3, -0.25) is 14.1 Å². The van der Waals surface area contributed by atoms with Crippen LogP contribution in [0.1, 0.15) is 29.9 Å². The van der Waals surface area contributed by atoms with E-state index in [1.165, 1.54) is 23.5 Å². The number of aryl methyl sites for hydroxylation is 1. The van der Waals surface area contributed by atoms with E-state index in [-0.39, 0.29) is 38.4 Å². The Labute approximate surface area is 250 Å². The summed E-state index contributed by atoms with van der Waals surface area (Å²) in [6, 6.07) is 9.59. The highest BCUT2D eigenvalue weighted by molar-refractivity contribution is 7.85. The first-order chi connectivity index (χ1) is 19.6.